The Balaban J connectivity index is 1.35. The molecule has 3 aromatic heterocycles. The first-order valence-electron chi connectivity index (χ1n) is 13.7. The molecule has 11 nitrogen and oxygen atoms in total. The molecule has 0 radical (unpaired) electrons. The van der Waals surface area contributed by atoms with Crippen LogP contribution in [0.5, 0.6) is 0 Å². The zero-order valence-corrected chi connectivity index (χ0v) is 24.0. The third kappa shape index (κ3) is 5.56. The van der Waals surface area contributed by atoms with Gasteiger partial charge in [0.25, 0.3) is 0 Å². The average Bonchev–Trinajstić information content (AvgIpc) is 3.35. The van der Waals surface area contributed by atoms with Crippen LogP contribution < -0.4 is 15.5 Å². The number of rotatable bonds is 7. The lowest BCUT2D eigenvalue weighted by Crippen LogP contribution is -2.53. The van der Waals surface area contributed by atoms with E-state index in [1.165, 1.54) is 18.5 Å². The molecule has 0 saturated carbocycles. The number of nitriles is 2. The molecule has 4 heterocycles. The number of hydrogen-bond donors (Lipinski definition) is 0. The van der Waals surface area contributed by atoms with E-state index in [1.54, 1.807) is 32.2 Å². The van der Waals surface area contributed by atoms with Crippen LogP contribution in [-0.4, -0.2) is 55.0 Å². The van der Waals surface area contributed by atoms with Crippen molar-refractivity contribution in [3.05, 3.63) is 76.6 Å². The fourth-order valence-electron chi connectivity index (χ4n) is 4.98. The zero-order valence-electron chi connectivity index (χ0n) is 24.0. The molecule has 1 aliphatic heterocycles. The van der Waals surface area contributed by atoms with Gasteiger partial charge in [0.15, 0.2) is 0 Å². The van der Waals surface area contributed by atoms with E-state index in [0.717, 1.165) is 21.2 Å². The number of halogens is 1. The number of pyridine rings is 1. The predicted octanol–water partition coefficient (Wildman–Crippen LogP) is 3.72. The lowest BCUT2D eigenvalue weighted by atomic mass is 9.96. The standard InChI is InChI=1S/C30H31FN10O/c1-5-21-13-35-28(36-14-21)38-8-9-39(20(2)16-38)27-23(12-32)10-24(15-34-27)22-6-7-26(25(31)11-22)40-19-37-41(29(40)42)18-30(3,4)17-33/h6-7,10-11,13-15,19-20H,5,8-9,16,18H2,1-4H3/t20-/m0/s1. The molecule has 1 atom stereocenters. The van der Waals surface area contributed by atoms with Crippen LogP contribution in [0.4, 0.5) is 16.2 Å². The van der Waals surface area contributed by atoms with Gasteiger partial charge < -0.3 is 9.80 Å². The quantitative estimate of drug-likeness (QED) is 0.328. The molecule has 0 unspecified atom stereocenters. The number of hydrogen-bond acceptors (Lipinski definition) is 9. The summed E-state index contributed by atoms with van der Waals surface area (Å²) in [6.45, 7) is 9.61. The Bertz CT molecular complexity index is 1750. The van der Waals surface area contributed by atoms with Crippen molar-refractivity contribution in [3.8, 4) is 29.0 Å². The van der Waals surface area contributed by atoms with Crippen LogP contribution >= 0.6 is 0 Å². The molecule has 4 aromatic rings. The molecule has 0 spiro atoms. The lowest BCUT2D eigenvalue weighted by molar-refractivity contribution is 0.376. The van der Waals surface area contributed by atoms with Gasteiger partial charge in [0.1, 0.15) is 24.0 Å². The second kappa shape index (κ2) is 11.4. The van der Waals surface area contributed by atoms with E-state index in [-0.39, 0.29) is 18.3 Å². The molecule has 0 amide bonds. The number of aryl methyl sites for hydroxylation is 1. The summed E-state index contributed by atoms with van der Waals surface area (Å²) in [7, 11) is 0. The maximum atomic E-state index is 15.3. The highest BCUT2D eigenvalue weighted by molar-refractivity contribution is 5.69. The van der Waals surface area contributed by atoms with Gasteiger partial charge in [0, 0.05) is 49.8 Å². The summed E-state index contributed by atoms with van der Waals surface area (Å²) in [5.41, 5.74) is 1.27. The van der Waals surface area contributed by atoms with Gasteiger partial charge in [0.2, 0.25) is 5.95 Å². The molecule has 1 saturated heterocycles. The molecular weight excluding hydrogens is 535 g/mol. The Morgan fingerprint density at radius 3 is 2.48 bits per heavy atom. The van der Waals surface area contributed by atoms with Crippen LogP contribution in [0.1, 0.15) is 38.8 Å². The third-order valence-electron chi connectivity index (χ3n) is 7.39. The molecule has 0 bridgehead atoms. The molecule has 5 rings (SSSR count). The minimum absolute atomic E-state index is 0.0369. The van der Waals surface area contributed by atoms with Gasteiger partial charge in [-0.1, -0.05) is 13.0 Å². The van der Waals surface area contributed by atoms with Gasteiger partial charge in [-0.3, -0.25) is 0 Å². The van der Waals surface area contributed by atoms with E-state index < -0.39 is 16.9 Å². The van der Waals surface area contributed by atoms with Crippen LogP contribution in [0.25, 0.3) is 16.8 Å². The summed E-state index contributed by atoms with van der Waals surface area (Å²) in [4.78, 5) is 30.7. The van der Waals surface area contributed by atoms with Crippen LogP contribution in [-0.2, 0) is 13.0 Å². The summed E-state index contributed by atoms with van der Waals surface area (Å²) in [6, 6.07) is 10.6. The summed E-state index contributed by atoms with van der Waals surface area (Å²) in [6.07, 6.45) is 7.46. The maximum absolute atomic E-state index is 15.3. The summed E-state index contributed by atoms with van der Waals surface area (Å²) >= 11 is 0. The number of nitrogens with zero attached hydrogens (tertiary/aromatic N) is 10. The minimum Gasteiger partial charge on any atom is -0.349 e. The molecule has 0 N–H and O–H groups in total. The number of anilines is 2. The van der Waals surface area contributed by atoms with Crippen LogP contribution in [0.2, 0.25) is 0 Å². The fraction of sp³-hybridized carbons (Fsp3) is 0.367. The molecule has 1 aromatic carbocycles. The topological polar surface area (TPSA) is 133 Å². The summed E-state index contributed by atoms with van der Waals surface area (Å²) in [5.74, 6) is 0.635. The lowest BCUT2D eigenvalue weighted by Gasteiger charge is -2.40. The summed E-state index contributed by atoms with van der Waals surface area (Å²) in [5, 5.41) is 23.3. The smallest absolute Gasteiger partial charge is 0.349 e. The Labute approximate surface area is 243 Å². The van der Waals surface area contributed by atoms with Crippen LogP contribution in [0.3, 0.4) is 0 Å². The van der Waals surface area contributed by atoms with Gasteiger partial charge in [-0.25, -0.2) is 33.4 Å². The second-order valence-corrected chi connectivity index (χ2v) is 11.0. The largest absolute Gasteiger partial charge is 0.350 e. The minimum atomic E-state index is -0.802. The van der Waals surface area contributed by atoms with E-state index in [2.05, 4.69) is 55.8 Å². The van der Waals surface area contributed by atoms with E-state index in [9.17, 15) is 15.3 Å². The first-order chi connectivity index (χ1) is 20.1. The highest BCUT2D eigenvalue weighted by Gasteiger charge is 2.28. The van der Waals surface area contributed by atoms with Gasteiger partial charge in [0.05, 0.1) is 29.3 Å². The second-order valence-electron chi connectivity index (χ2n) is 11.0. The molecule has 0 aliphatic carbocycles. The van der Waals surface area contributed by atoms with E-state index in [4.69, 9.17) is 0 Å². The van der Waals surface area contributed by atoms with E-state index in [0.29, 0.717) is 48.1 Å². The molecule has 12 heteroatoms. The molecule has 214 valence electrons. The van der Waals surface area contributed by atoms with Gasteiger partial charge >= 0.3 is 5.69 Å². The van der Waals surface area contributed by atoms with Crippen molar-refractivity contribution >= 4 is 11.8 Å². The molecule has 42 heavy (non-hydrogen) atoms. The summed E-state index contributed by atoms with van der Waals surface area (Å²) < 4.78 is 17.5. The van der Waals surface area contributed by atoms with Crippen molar-refractivity contribution in [1.82, 2.24) is 29.3 Å². The van der Waals surface area contributed by atoms with Crippen molar-refractivity contribution in [2.75, 3.05) is 29.4 Å². The zero-order chi connectivity index (χ0) is 30.0. The predicted molar refractivity (Wildman–Crippen MR) is 156 cm³/mol. The van der Waals surface area contributed by atoms with E-state index >= 15 is 4.39 Å². The molecule has 1 aliphatic rings. The number of aromatic nitrogens is 6. The first kappa shape index (κ1) is 28.4. The van der Waals surface area contributed by atoms with E-state index in [1.807, 2.05) is 12.4 Å². The van der Waals surface area contributed by atoms with Crippen molar-refractivity contribution in [2.45, 2.75) is 46.7 Å². The average molecular weight is 567 g/mol. The highest BCUT2D eigenvalue weighted by Crippen LogP contribution is 2.29. The first-order valence-corrected chi connectivity index (χ1v) is 13.7. The monoisotopic (exact) mass is 566 g/mol. The SMILES string of the molecule is CCc1cnc(N2CCN(c3ncc(-c4ccc(-n5cnn(CC(C)(C)C#N)c5=O)c(F)c4)cc3C#N)[C@@H](C)C2)nc1. The van der Waals surface area contributed by atoms with Crippen molar-refractivity contribution < 1.29 is 4.39 Å². The normalized spacial score (nSPS) is 15.4. The van der Waals surface area contributed by atoms with Crippen LogP contribution in [0.15, 0.2) is 54.0 Å². The highest BCUT2D eigenvalue weighted by atomic mass is 19.1. The maximum Gasteiger partial charge on any atom is 0.350 e. The molecule has 1 fully saturated rings. The fourth-order valence-corrected chi connectivity index (χ4v) is 4.98. The number of piperazine rings is 1. The van der Waals surface area contributed by atoms with Crippen LogP contribution in [0, 0.1) is 33.9 Å². The Kier molecular flexibility index (Phi) is 7.72. The van der Waals surface area contributed by atoms with Crippen molar-refractivity contribution in [1.29, 1.82) is 10.5 Å². The Hall–Kier alpha value is -5.10. The number of benzene rings is 1. The Morgan fingerprint density at radius 1 is 1.07 bits per heavy atom. The van der Waals surface area contributed by atoms with Crippen molar-refractivity contribution in [2.24, 2.45) is 5.41 Å². The van der Waals surface area contributed by atoms with Gasteiger partial charge in [-0.05, 0) is 56.5 Å². The molecular formula is C30H31FN10O. The Morgan fingerprint density at radius 2 is 1.83 bits per heavy atom. The van der Waals surface area contributed by atoms with Gasteiger partial charge in [-0.2, -0.15) is 15.6 Å². The van der Waals surface area contributed by atoms with Crippen molar-refractivity contribution in [3.63, 3.8) is 0 Å². The third-order valence-corrected chi connectivity index (χ3v) is 7.39. The van der Waals surface area contributed by atoms with Gasteiger partial charge in [-0.15, -0.1) is 0 Å².